The summed E-state index contributed by atoms with van der Waals surface area (Å²) in [6.07, 6.45) is 2.07. The van der Waals surface area contributed by atoms with E-state index < -0.39 is 41.1 Å². The number of benzene rings is 1. The minimum atomic E-state index is -1.40. The van der Waals surface area contributed by atoms with E-state index in [1.165, 1.54) is 30.9 Å². The summed E-state index contributed by atoms with van der Waals surface area (Å²) in [5.41, 5.74) is -1.26. The Morgan fingerprint density at radius 1 is 1.05 bits per heavy atom. The molecule has 1 unspecified atom stereocenters. The molecule has 1 aromatic carbocycles. The van der Waals surface area contributed by atoms with Crippen molar-refractivity contribution >= 4 is 29.7 Å². The van der Waals surface area contributed by atoms with E-state index in [1.54, 1.807) is 27.7 Å². The smallest absolute Gasteiger partial charge is 0.408 e. The normalized spacial score (nSPS) is 12.3. The topological polar surface area (TPSA) is 150 Å². The lowest BCUT2D eigenvalue weighted by molar-refractivity contribution is -0.143. The molecule has 0 saturated carbocycles. The first-order chi connectivity index (χ1) is 17.8. The van der Waals surface area contributed by atoms with Crippen molar-refractivity contribution in [2.75, 3.05) is 18.5 Å². The second-order valence-electron chi connectivity index (χ2n) is 10.0. The molecule has 38 heavy (non-hydrogen) atoms. The van der Waals surface area contributed by atoms with E-state index in [4.69, 9.17) is 14.2 Å². The van der Waals surface area contributed by atoms with Crippen molar-refractivity contribution in [2.45, 2.75) is 71.9 Å². The summed E-state index contributed by atoms with van der Waals surface area (Å²) in [5, 5.41) is 7.76. The van der Waals surface area contributed by atoms with Gasteiger partial charge in [0.05, 0.1) is 26.1 Å². The Kier molecular flexibility index (Phi) is 10.8. The molecule has 2 rings (SSSR count). The molecule has 0 bridgehead atoms. The molecule has 1 aromatic heterocycles. The Morgan fingerprint density at radius 3 is 2.37 bits per heavy atom. The maximum atomic E-state index is 13.1. The van der Waals surface area contributed by atoms with Crippen LogP contribution in [0.15, 0.2) is 42.9 Å². The lowest BCUT2D eigenvalue weighted by Gasteiger charge is -2.29. The number of aromatic nitrogens is 2. The Balaban J connectivity index is 2.09. The van der Waals surface area contributed by atoms with Gasteiger partial charge in [0.1, 0.15) is 23.7 Å². The molecule has 12 nitrogen and oxygen atoms in total. The summed E-state index contributed by atoms with van der Waals surface area (Å²) < 4.78 is 17.3. The zero-order chi connectivity index (χ0) is 28.3. The highest BCUT2D eigenvalue weighted by Crippen LogP contribution is 2.11. The number of esters is 1. The van der Waals surface area contributed by atoms with Crippen LogP contribution in [-0.2, 0) is 41.7 Å². The van der Waals surface area contributed by atoms with Crippen LogP contribution in [0.25, 0.3) is 0 Å². The van der Waals surface area contributed by atoms with E-state index in [0.717, 1.165) is 5.56 Å². The van der Waals surface area contributed by atoms with Gasteiger partial charge < -0.3 is 34.7 Å². The van der Waals surface area contributed by atoms with Gasteiger partial charge >= 0.3 is 12.1 Å². The number of alkyl carbamates (subject to hydrolysis) is 1. The monoisotopic (exact) mass is 531 g/mol. The summed E-state index contributed by atoms with van der Waals surface area (Å²) in [5.74, 6) is -1.49. The number of imidazole rings is 1. The number of rotatable bonds is 12. The molecule has 3 N–H and O–H groups in total. The number of nitrogens with one attached hydrogen (secondary N) is 3. The first-order valence-corrected chi connectivity index (χ1v) is 12.2. The van der Waals surface area contributed by atoms with Crippen LogP contribution in [0.2, 0.25) is 0 Å². The number of anilines is 1. The summed E-state index contributed by atoms with van der Waals surface area (Å²) in [6.45, 7) is 10.0. The van der Waals surface area contributed by atoms with Crippen LogP contribution < -0.4 is 16.0 Å². The van der Waals surface area contributed by atoms with E-state index in [-0.39, 0.29) is 32.2 Å². The second-order valence-corrected chi connectivity index (χ2v) is 10.0. The van der Waals surface area contributed by atoms with E-state index >= 15 is 0 Å². The SMILES string of the molecule is CCOC(=O)Cn1cnc(NC(=O)C(COCc2ccccc2)NC(=O)C(C)(C)NC(=O)OC(C)(C)C)c1. The van der Waals surface area contributed by atoms with Crippen molar-refractivity contribution in [1.82, 2.24) is 20.2 Å². The molecule has 0 aliphatic carbocycles. The predicted octanol–water partition coefficient (Wildman–Crippen LogP) is 2.39. The molecule has 3 amide bonds. The molecular weight excluding hydrogens is 494 g/mol. The van der Waals surface area contributed by atoms with E-state index in [0.29, 0.717) is 0 Å². The largest absolute Gasteiger partial charge is 0.465 e. The van der Waals surface area contributed by atoms with E-state index in [1.807, 2.05) is 30.3 Å². The van der Waals surface area contributed by atoms with Crippen molar-refractivity contribution in [3.8, 4) is 0 Å². The highest BCUT2D eigenvalue weighted by atomic mass is 16.6. The molecule has 0 radical (unpaired) electrons. The molecular formula is C26H37N5O7. The average molecular weight is 532 g/mol. The molecule has 0 spiro atoms. The summed E-state index contributed by atoms with van der Waals surface area (Å²) in [7, 11) is 0. The Labute approximate surface area is 222 Å². The fourth-order valence-electron chi connectivity index (χ4n) is 3.09. The zero-order valence-electron chi connectivity index (χ0n) is 22.7. The van der Waals surface area contributed by atoms with Crippen LogP contribution in [0.1, 0.15) is 47.1 Å². The van der Waals surface area contributed by atoms with Crippen LogP contribution in [0.3, 0.4) is 0 Å². The Morgan fingerprint density at radius 2 is 1.74 bits per heavy atom. The lowest BCUT2D eigenvalue weighted by Crippen LogP contribution is -2.59. The van der Waals surface area contributed by atoms with Gasteiger partial charge in [0.2, 0.25) is 5.91 Å². The summed E-state index contributed by atoms with van der Waals surface area (Å²) in [4.78, 5) is 54.2. The van der Waals surface area contributed by atoms with Gasteiger partial charge in [-0.1, -0.05) is 30.3 Å². The number of carbonyl (C=O) groups is 4. The summed E-state index contributed by atoms with van der Waals surface area (Å²) >= 11 is 0. The number of carbonyl (C=O) groups excluding carboxylic acids is 4. The number of amides is 3. The third kappa shape index (κ3) is 10.6. The fourth-order valence-corrected chi connectivity index (χ4v) is 3.09. The maximum Gasteiger partial charge on any atom is 0.408 e. The predicted molar refractivity (Wildman–Crippen MR) is 139 cm³/mol. The minimum Gasteiger partial charge on any atom is -0.465 e. The van der Waals surface area contributed by atoms with Crippen LogP contribution in [0, 0.1) is 0 Å². The number of nitrogens with zero attached hydrogens (tertiary/aromatic N) is 2. The highest BCUT2D eigenvalue weighted by molar-refractivity contribution is 5.98. The third-order valence-corrected chi connectivity index (χ3v) is 4.90. The molecule has 0 aliphatic heterocycles. The zero-order valence-corrected chi connectivity index (χ0v) is 22.7. The van der Waals surface area contributed by atoms with Crippen LogP contribution in [0.4, 0.5) is 10.6 Å². The van der Waals surface area contributed by atoms with Crippen LogP contribution in [-0.4, -0.2) is 63.8 Å². The van der Waals surface area contributed by atoms with Crippen LogP contribution in [0.5, 0.6) is 0 Å². The van der Waals surface area contributed by atoms with Crippen molar-refractivity contribution in [1.29, 1.82) is 0 Å². The molecule has 2 aromatic rings. The molecule has 0 fully saturated rings. The second kappa shape index (κ2) is 13.6. The number of hydrogen-bond acceptors (Lipinski definition) is 8. The van der Waals surface area contributed by atoms with Gasteiger partial charge in [-0.2, -0.15) is 0 Å². The maximum absolute atomic E-state index is 13.1. The van der Waals surface area contributed by atoms with Crippen LogP contribution >= 0.6 is 0 Å². The first kappa shape index (κ1) is 30.3. The van der Waals surface area contributed by atoms with E-state index in [2.05, 4.69) is 20.9 Å². The highest BCUT2D eigenvalue weighted by Gasteiger charge is 2.34. The summed E-state index contributed by atoms with van der Waals surface area (Å²) in [6, 6.07) is 8.22. The van der Waals surface area contributed by atoms with Gasteiger partial charge in [-0.25, -0.2) is 9.78 Å². The molecule has 208 valence electrons. The van der Waals surface area contributed by atoms with Crippen molar-refractivity contribution < 1.29 is 33.4 Å². The van der Waals surface area contributed by atoms with Gasteiger partial charge in [0.15, 0.2) is 5.82 Å². The van der Waals surface area contributed by atoms with Gasteiger partial charge in [-0.05, 0) is 47.1 Å². The third-order valence-electron chi connectivity index (χ3n) is 4.90. The molecule has 1 atom stereocenters. The minimum absolute atomic E-state index is 0.0679. The molecule has 0 saturated heterocycles. The quantitative estimate of drug-likeness (QED) is 0.353. The van der Waals surface area contributed by atoms with Gasteiger partial charge in [0.25, 0.3) is 5.91 Å². The Bertz CT molecular complexity index is 1090. The number of ether oxygens (including phenoxy) is 3. The lowest BCUT2D eigenvalue weighted by atomic mass is 10.0. The van der Waals surface area contributed by atoms with E-state index in [9.17, 15) is 19.2 Å². The number of hydrogen-bond donors (Lipinski definition) is 3. The van der Waals surface area contributed by atoms with Crippen molar-refractivity contribution in [3.05, 3.63) is 48.4 Å². The van der Waals surface area contributed by atoms with Crippen molar-refractivity contribution in [2.24, 2.45) is 0 Å². The van der Waals surface area contributed by atoms with Gasteiger partial charge in [-0.15, -0.1) is 0 Å². The molecule has 12 heteroatoms. The molecule has 1 heterocycles. The average Bonchev–Trinajstić information content (AvgIpc) is 3.23. The standard InChI is InChI=1S/C26H37N5O7/c1-7-37-21(32)14-31-13-20(27-17-31)29-22(33)19(16-36-15-18-11-9-8-10-12-18)28-23(34)26(5,6)30-24(35)38-25(2,3)4/h8-13,17,19H,7,14-16H2,1-6H3,(H,28,34)(H,29,33)(H,30,35). The fraction of sp³-hybridized carbons (Fsp3) is 0.500. The van der Waals surface area contributed by atoms with Crippen molar-refractivity contribution in [3.63, 3.8) is 0 Å². The molecule has 0 aliphatic rings. The van der Waals surface area contributed by atoms with Gasteiger partial charge in [-0.3, -0.25) is 14.4 Å². The van der Waals surface area contributed by atoms with Gasteiger partial charge in [0, 0.05) is 6.20 Å². The Hall–Kier alpha value is -3.93. The first-order valence-electron chi connectivity index (χ1n) is 12.2.